The molecule has 0 aliphatic carbocycles. The van der Waals surface area contributed by atoms with E-state index in [1.54, 1.807) is 0 Å². The minimum absolute atomic E-state index is 0.434. The first-order valence-electron chi connectivity index (χ1n) is 9.42. The van der Waals surface area contributed by atoms with Crippen LogP contribution in [0.2, 0.25) is 0 Å². The maximum atomic E-state index is 4.71. The molecule has 0 amide bonds. The number of hydrogen-bond donors (Lipinski definition) is 0. The summed E-state index contributed by atoms with van der Waals surface area (Å²) in [5.74, 6) is 3.71. The van der Waals surface area contributed by atoms with E-state index in [1.165, 1.54) is 29.8 Å². The van der Waals surface area contributed by atoms with E-state index < -0.39 is 0 Å². The van der Waals surface area contributed by atoms with Crippen molar-refractivity contribution in [1.29, 1.82) is 0 Å². The van der Waals surface area contributed by atoms with E-state index in [0.717, 1.165) is 31.2 Å². The van der Waals surface area contributed by atoms with Gasteiger partial charge in [-0.05, 0) is 48.4 Å². The van der Waals surface area contributed by atoms with Gasteiger partial charge in [0.05, 0.1) is 0 Å². The largest absolute Gasteiger partial charge is 0.356 e. The van der Waals surface area contributed by atoms with Crippen molar-refractivity contribution in [3.05, 3.63) is 72.2 Å². The number of anilines is 1. The van der Waals surface area contributed by atoms with Crippen molar-refractivity contribution >= 4 is 17.6 Å². The number of piperidine rings is 1. The number of nitrogens with zero attached hydrogens (tertiary/aromatic N) is 5. The SMILES string of the molecule is CSCc1ccc(N2CCC[C@@H](c3nccn3Cc3ccncc3)C2)nc1. The third-order valence-corrected chi connectivity index (χ3v) is 5.70. The number of aromatic nitrogens is 4. The van der Waals surface area contributed by atoms with Crippen LogP contribution >= 0.6 is 11.8 Å². The van der Waals surface area contributed by atoms with Crippen LogP contribution < -0.4 is 4.90 Å². The average Bonchev–Trinajstić information content (AvgIpc) is 3.18. The highest BCUT2D eigenvalue weighted by Crippen LogP contribution is 2.29. The maximum Gasteiger partial charge on any atom is 0.128 e. The predicted molar refractivity (Wildman–Crippen MR) is 111 cm³/mol. The smallest absolute Gasteiger partial charge is 0.128 e. The molecule has 1 aliphatic heterocycles. The van der Waals surface area contributed by atoms with E-state index >= 15 is 0 Å². The van der Waals surface area contributed by atoms with Crippen LogP contribution in [0, 0.1) is 0 Å². The van der Waals surface area contributed by atoms with Crippen LogP contribution in [0.5, 0.6) is 0 Å². The minimum Gasteiger partial charge on any atom is -0.356 e. The molecule has 3 aromatic rings. The van der Waals surface area contributed by atoms with E-state index in [1.807, 2.05) is 36.5 Å². The molecule has 0 saturated carbocycles. The van der Waals surface area contributed by atoms with Crippen LogP contribution in [0.3, 0.4) is 0 Å². The standard InChI is InChI=1S/C21H25N5S/c1-27-16-18-4-5-20(24-13-18)25-11-2-3-19(15-25)21-23-10-12-26(21)14-17-6-8-22-9-7-17/h4-10,12-13,19H,2-3,11,14-16H2,1H3/t19-/m1/s1. The second kappa shape index (κ2) is 8.57. The van der Waals surface area contributed by atoms with Crippen molar-refractivity contribution in [3.8, 4) is 0 Å². The third-order valence-electron chi connectivity index (χ3n) is 5.08. The molecular formula is C21H25N5S. The number of pyridine rings is 2. The Morgan fingerprint density at radius 2 is 1.96 bits per heavy atom. The predicted octanol–water partition coefficient (Wildman–Crippen LogP) is 3.97. The van der Waals surface area contributed by atoms with Crippen LogP contribution in [0.4, 0.5) is 5.82 Å². The Balaban J connectivity index is 1.48. The van der Waals surface area contributed by atoms with Gasteiger partial charge in [-0.1, -0.05) is 6.07 Å². The average molecular weight is 380 g/mol. The van der Waals surface area contributed by atoms with Crippen molar-refractivity contribution in [3.63, 3.8) is 0 Å². The summed E-state index contributed by atoms with van der Waals surface area (Å²) >= 11 is 1.83. The highest BCUT2D eigenvalue weighted by molar-refractivity contribution is 7.97. The van der Waals surface area contributed by atoms with Crippen LogP contribution in [-0.4, -0.2) is 38.9 Å². The maximum absolute atomic E-state index is 4.71. The fourth-order valence-electron chi connectivity index (χ4n) is 3.75. The van der Waals surface area contributed by atoms with Gasteiger partial charge >= 0.3 is 0 Å². The van der Waals surface area contributed by atoms with E-state index in [0.29, 0.717) is 5.92 Å². The lowest BCUT2D eigenvalue weighted by Gasteiger charge is -2.33. The monoisotopic (exact) mass is 379 g/mol. The first-order valence-corrected chi connectivity index (χ1v) is 10.8. The first kappa shape index (κ1) is 18.0. The summed E-state index contributed by atoms with van der Waals surface area (Å²) in [6, 6.07) is 8.50. The van der Waals surface area contributed by atoms with Crippen LogP contribution in [0.15, 0.2) is 55.2 Å². The number of thioether (sulfide) groups is 1. The fourth-order valence-corrected chi connectivity index (χ4v) is 4.26. The summed E-state index contributed by atoms with van der Waals surface area (Å²) in [6.07, 6.45) is 14.2. The van der Waals surface area contributed by atoms with Crippen molar-refractivity contribution < 1.29 is 0 Å². The topological polar surface area (TPSA) is 46.8 Å². The second-order valence-electron chi connectivity index (χ2n) is 7.01. The van der Waals surface area contributed by atoms with Crippen molar-refractivity contribution in [2.75, 3.05) is 24.2 Å². The molecule has 0 radical (unpaired) electrons. The number of hydrogen-bond acceptors (Lipinski definition) is 5. The quantitative estimate of drug-likeness (QED) is 0.649. The molecule has 1 atom stereocenters. The molecule has 4 heterocycles. The van der Waals surface area contributed by atoms with Gasteiger partial charge in [-0.15, -0.1) is 0 Å². The highest BCUT2D eigenvalue weighted by atomic mass is 32.2. The van der Waals surface area contributed by atoms with Gasteiger partial charge in [0.2, 0.25) is 0 Å². The van der Waals surface area contributed by atoms with Crippen LogP contribution in [0.1, 0.15) is 35.7 Å². The number of rotatable bonds is 6. The van der Waals surface area contributed by atoms with Gasteiger partial charge < -0.3 is 9.47 Å². The second-order valence-corrected chi connectivity index (χ2v) is 7.88. The van der Waals surface area contributed by atoms with Gasteiger partial charge in [-0.2, -0.15) is 11.8 Å². The molecule has 0 spiro atoms. The molecule has 6 heteroatoms. The molecule has 3 aromatic heterocycles. The van der Waals surface area contributed by atoms with Gasteiger partial charge in [-0.3, -0.25) is 4.98 Å². The molecule has 1 aliphatic rings. The molecule has 27 heavy (non-hydrogen) atoms. The molecule has 1 saturated heterocycles. The molecule has 4 rings (SSSR count). The summed E-state index contributed by atoms with van der Waals surface area (Å²) in [5.41, 5.74) is 2.54. The summed E-state index contributed by atoms with van der Waals surface area (Å²) in [7, 11) is 0. The normalized spacial score (nSPS) is 17.2. The van der Waals surface area contributed by atoms with Gasteiger partial charge in [0.25, 0.3) is 0 Å². The molecule has 0 aromatic carbocycles. The fraction of sp³-hybridized carbons (Fsp3) is 0.381. The Morgan fingerprint density at radius 1 is 1.07 bits per heavy atom. The summed E-state index contributed by atoms with van der Waals surface area (Å²) in [5, 5.41) is 0. The first-order chi connectivity index (χ1) is 13.3. The minimum atomic E-state index is 0.434. The van der Waals surface area contributed by atoms with Crippen molar-refractivity contribution in [1.82, 2.24) is 19.5 Å². The molecular weight excluding hydrogens is 354 g/mol. The zero-order valence-corrected chi connectivity index (χ0v) is 16.5. The van der Waals surface area contributed by atoms with Gasteiger partial charge in [0, 0.05) is 62.3 Å². The molecule has 0 unspecified atom stereocenters. The van der Waals surface area contributed by atoms with Crippen molar-refractivity contribution in [2.24, 2.45) is 0 Å². The Kier molecular flexibility index (Phi) is 5.72. The molecule has 5 nitrogen and oxygen atoms in total. The molecule has 1 fully saturated rings. The third kappa shape index (κ3) is 4.33. The van der Waals surface area contributed by atoms with Crippen LogP contribution in [-0.2, 0) is 12.3 Å². The highest BCUT2D eigenvalue weighted by Gasteiger charge is 2.25. The lowest BCUT2D eigenvalue weighted by atomic mass is 9.97. The van der Waals surface area contributed by atoms with Crippen molar-refractivity contribution in [2.45, 2.75) is 31.1 Å². The van der Waals surface area contributed by atoms with E-state index in [2.05, 4.69) is 51.2 Å². The zero-order chi connectivity index (χ0) is 18.5. The van der Waals surface area contributed by atoms with Gasteiger partial charge in [0.15, 0.2) is 0 Å². The summed E-state index contributed by atoms with van der Waals surface area (Å²) in [6.45, 7) is 2.88. The van der Waals surface area contributed by atoms with Crippen LogP contribution in [0.25, 0.3) is 0 Å². The Labute approximate surface area is 164 Å². The number of imidazole rings is 1. The zero-order valence-electron chi connectivity index (χ0n) is 15.7. The Hall–Kier alpha value is -2.34. The van der Waals surface area contributed by atoms with Gasteiger partial charge in [-0.25, -0.2) is 9.97 Å². The van der Waals surface area contributed by atoms with E-state index in [9.17, 15) is 0 Å². The molecule has 140 valence electrons. The Morgan fingerprint density at radius 3 is 2.74 bits per heavy atom. The Bertz CT molecular complexity index is 847. The summed E-state index contributed by atoms with van der Waals surface area (Å²) in [4.78, 5) is 15.9. The lowest BCUT2D eigenvalue weighted by Crippen LogP contribution is -2.36. The molecule has 0 N–H and O–H groups in total. The van der Waals surface area contributed by atoms with E-state index in [-0.39, 0.29) is 0 Å². The van der Waals surface area contributed by atoms with E-state index in [4.69, 9.17) is 9.97 Å². The van der Waals surface area contributed by atoms with Gasteiger partial charge in [0.1, 0.15) is 11.6 Å². The summed E-state index contributed by atoms with van der Waals surface area (Å²) < 4.78 is 2.28. The lowest BCUT2D eigenvalue weighted by molar-refractivity contribution is 0.474. The molecule has 0 bridgehead atoms.